The highest BCUT2D eigenvalue weighted by Crippen LogP contribution is 2.26. The lowest BCUT2D eigenvalue weighted by Crippen LogP contribution is -2.53. The Bertz CT molecular complexity index is 1420. The van der Waals surface area contributed by atoms with Crippen LogP contribution >= 0.6 is 15.9 Å². The molecule has 4 rings (SSSR count). The maximum Gasteiger partial charge on any atom is 0.264 e. The number of nitrogens with zero attached hydrogens (tertiary/aromatic N) is 2. The van der Waals surface area contributed by atoms with Crippen molar-refractivity contribution in [2.24, 2.45) is 0 Å². The van der Waals surface area contributed by atoms with E-state index in [2.05, 4.69) is 21.2 Å². The van der Waals surface area contributed by atoms with Crippen LogP contribution in [0.3, 0.4) is 0 Å². The van der Waals surface area contributed by atoms with Crippen molar-refractivity contribution in [1.29, 1.82) is 0 Å². The highest BCUT2D eigenvalue weighted by molar-refractivity contribution is 9.10. The normalized spacial score (nSPS) is 14.7. The van der Waals surface area contributed by atoms with E-state index in [0.717, 1.165) is 52.0 Å². The number of hydrogen-bond donors (Lipinski definition) is 1. The van der Waals surface area contributed by atoms with E-state index in [4.69, 9.17) is 0 Å². The second-order valence-corrected chi connectivity index (χ2v) is 13.3. The fourth-order valence-electron chi connectivity index (χ4n) is 5.13. The summed E-state index contributed by atoms with van der Waals surface area (Å²) in [6, 6.07) is 22.1. The van der Waals surface area contributed by atoms with Gasteiger partial charge in [0.05, 0.1) is 10.6 Å². The van der Waals surface area contributed by atoms with Gasteiger partial charge in [0.1, 0.15) is 12.6 Å². The maximum atomic E-state index is 14.1. The van der Waals surface area contributed by atoms with E-state index < -0.39 is 28.5 Å². The molecule has 0 saturated heterocycles. The average Bonchev–Trinajstić information content (AvgIpc) is 2.99. The SMILES string of the molecule is CCc1ccc(N(CC(=O)N(Cc2cccc(Br)c2)[C@H](C)C(=O)NC2CCCCC2)S(=O)(=O)c2ccccc2)cc1. The summed E-state index contributed by atoms with van der Waals surface area (Å²) in [5.41, 5.74) is 2.28. The van der Waals surface area contributed by atoms with E-state index in [9.17, 15) is 18.0 Å². The second-order valence-electron chi connectivity index (χ2n) is 10.5. The first-order chi connectivity index (χ1) is 19.7. The van der Waals surface area contributed by atoms with E-state index in [0.29, 0.717) is 5.69 Å². The smallest absolute Gasteiger partial charge is 0.264 e. The standard InChI is InChI=1S/C32H38BrN3O4S/c1-3-25-17-19-29(20-18-25)36(41(39,40)30-15-8-5-9-16-30)23-31(37)35(22-26-11-10-12-27(33)21-26)24(2)32(38)34-28-13-6-4-7-14-28/h5,8-12,15-21,24,28H,3-4,6-7,13-14,22-23H2,1-2H3,(H,34,38)/t24-/m1/s1. The Morgan fingerprint density at radius 3 is 2.24 bits per heavy atom. The van der Waals surface area contributed by atoms with Gasteiger partial charge in [0.2, 0.25) is 11.8 Å². The molecule has 0 aliphatic heterocycles. The molecule has 1 atom stereocenters. The minimum Gasteiger partial charge on any atom is -0.352 e. The van der Waals surface area contributed by atoms with Crippen LogP contribution in [0.4, 0.5) is 5.69 Å². The summed E-state index contributed by atoms with van der Waals surface area (Å²) < 4.78 is 29.8. The molecule has 3 aromatic rings. The second kappa shape index (κ2) is 14.1. The molecule has 1 aliphatic carbocycles. The van der Waals surface area contributed by atoms with Gasteiger partial charge in [0.15, 0.2) is 0 Å². The molecule has 9 heteroatoms. The molecule has 1 aliphatic rings. The Morgan fingerprint density at radius 2 is 1.61 bits per heavy atom. The molecule has 2 amide bonds. The number of benzene rings is 3. The molecular formula is C32H38BrN3O4S. The van der Waals surface area contributed by atoms with Crippen LogP contribution in [-0.4, -0.2) is 43.8 Å². The van der Waals surface area contributed by atoms with Crippen molar-refractivity contribution in [3.63, 3.8) is 0 Å². The molecule has 218 valence electrons. The van der Waals surface area contributed by atoms with Crippen molar-refractivity contribution in [3.8, 4) is 0 Å². The van der Waals surface area contributed by atoms with Crippen LogP contribution in [0.2, 0.25) is 0 Å². The van der Waals surface area contributed by atoms with Gasteiger partial charge in [-0.15, -0.1) is 0 Å². The predicted molar refractivity (Wildman–Crippen MR) is 166 cm³/mol. The Hall–Kier alpha value is -3.17. The molecule has 0 radical (unpaired) electrons. The number of amides is 2. The van der Waals surface area contributed by atoms with Crippen molar-refractivity contribution >= 4 is 43.5 Å². The molecule has 1 fully saturated rings. The van der Waals surface area contributed by atoms with Crippen LogP contribution in [0.25, 0.3) is 0 Å². The van der Waals surface area contributed by atoms with Crippen molar-refractivity contribution in [1.82, 2.24) is 10.2 Å². The highest BCUT2D eigenvalue weighted by atomic mass is 79.9. The number of carbonyl (C=O) groups excluding carboxylic acids is 2. The first kappa shape index (κ1) is 30.8. The van der Waals surface area contributed by atoms with Crippen LogP contribution in [0.1, 0.15) is 57.1 Å². The zero-order valence-electron chi connectivity index (χ0n) is 23.6. The third-order valence-corrected chi connectivity index (χ3v) is 9.88. The molecule has 1 saturated carbocycles. The van der Waals surface area contributed by atoms with E-state index in [1.807, 2.05) is 43.3 Å². The zero-order valence-corrected chi connectivity index (χ0v) is 26.0. The Kier molecular flexibility index (Phi) is 10.6. The third-order valence-electron chi connectivity index (χ3n) is 7.60. The fraction of sp³-hybridized carbons (Fsp3) is 0.375. The van der Waals surface area contributed by atoms with Gasteiger partial charge in [0.25, 0.3) is 10.0 Å². The minimum atomic E-state index is -4.07. The van der Waals surface area contributed by atoms with E-state index in [1.165, 1.54) is 23.5 Å². The highest BCUT2D eigenvalue weighted by Gasteiger charge is 2.33. The number of anilines is 1. The van der Waals surface area contributed by atoms with E-state index in [1.54, 1.807) is 37.3 Å². The molecule has 7 nitrogen and oxygen atoms in total. The Balaban J connectivity index is 1.67. The summed E-state index contributed by atoms with van der Waals surface area (Å²) in [5, 5.41) is 3.13. The summed E-state index contributed by atoms with van der Waals surface area (Å²) in [5.74, 6) is -0.694. The zero-order chi connectivity index (χ0) is 29.4. The van der Waals surface area contributed by atoms with Gasteiger partial charge in [0, 0.05) is 17.1 Å². The van der Waals surface area contributed by atoms with Gasteiger partial charge in [-0.25, -0.2) is 8.42 Å². The quantitative estimate of drug-likeness (QED) is 0.276. The van der Waals surface area contributed by atoms with Crippen LogP contribution in [-0.2, 0) is 32.6 Å². The number of nitrogens with one attached hydrogen (secondary N) is 1. The number of aryl methyl sites for hydroxylation is 1. The number of carbonyl (C=O) groups is 2. The Labute approximate surface area is 252 Å². The lowest BCUT2D eigenvalue weighted by Gasteiger charge is -2.33. The van der Waals surface area contributed by atoms with Gasteiger partial charge >= 0.3 is 0 Å². The Morgan fingerprint density at radius 1 is 0.927 bits per heavy atom. The summed E-state index contributed by atoms with van der Waals surface area (Å²) in [7, 11) is -4.07. The first-order valence-electron chi connectivity index (χ1n) is 14.2. The van der Waals surface area contributed by atoms with Crippen LogP contribution in [0.15, 0.2) is 88.2 Å². The molecule has 0 bridgehead atoms. The fourth-order valence-corrected chi connectivity index (χ4v) is 7.01. The molecule has 41 heavy (non-hydrogen) atoms. The van der Waals surface area contributed by atoms with Gasteiger partial charge in [-0.3, -0.25) is 13.9 Å². The first-order valence-corrected chi connectivity index (χ1v) is 16.4. The summed E-state index contributed by atoms with van der Waals surface area (Å²) in [6.45, 7) is 3.44. The molecule has 1 N–H and O–H groups in total. The summed E-state index contributed by atoms with van der Waals surface area (Å²) in [4.78, 5) is 29.1. The summed E-state index contributed by atoms with van der Waals surface area (Å²) in [6.07, 6.45) is 5.97. The van der Waals surface area contributed by atoms with Gasteiger partial charge in [-0.05, 0) is 73.7 Å². The van der Waals surface area contributed by atoms with Crippen LogP contribution < -0.4 is 9.62 Å². The van der Waals surface area contributed by atoms with Gasteiger partial charge in [-0.1, -0.05) is 84.6 Å². The van der Waals surface area contributed by atoms with Gasteiger partial charge in [-0.2, -0.15) is 0 Å². The van der Waals surface area contributed by atoms with Crippen molar-refractivity contribution in [2.45, 2.75) is 75.9 Å². The number of sulfonamides is 1. The van der Waals surface area contributed by atoms with Gasteiger partial charge < -0.3 is 10.2 Å². The number of halogens is 1. The lowest BCUT2D eigenvalue weighted by molar-refractivity contribution is -0.139. The van der Waals surface area contributed by atoms with Crippen LogP contribution in [0.5, 0.6) is 0 Å². The number of hydrogen-bond acceptors (Lipinski definition) is 4. The minimum absolute atomic E-state index is 0.0913. The lowest BCUT2D eigenvalue weighted by atomic mass is 9.95. The largest absolute Gasteiger partial charge is 0.352 e. The monoisotopic (exact) mass is 639 g/mol. The van der Waals surface area contributed by atoms with Crippen molar-refractivity contribution in [2.75, 3.05) is 10.8 Å². The molecule has 3 aromatic carbocycles. The molecule has 0 unspecified atom stereocenters. The van der Waals surface area contributed by atoms with E-state index in [-0.39, 0.29) is 23.4 Å². The average molecular weight is 641 g/mol. The topological polar surface area (TPSA) is 86.8 Å². The number of rotatable bonds is 11. The predicted octanol–water partition coefficient (Wildman–Crippen LogP) is 6.07. The van der Waals surface area contributed by atoms with Crippen molar-refractivity contribution in [3.05, 3.63) is 94.5 Å². The third kappa shape index (κ3) is 7.98. The molecule has 0 heterocycles. The molecular weight excluding hydrogens is 602 g/mol. The summed E-state index contributed by atoms with van der Waals surface area (Å²) >= 11 is 3.49. The van der Waals surface area contributed by atoms with E-state index >= 15 is 0 Å². The van der Waals surface area contributed by atoms with Crippen LogP contribution in [0, 0.1) is 0 Å². The maximum absolute atomic E-state index is 14.1. The molecule has 0 spiro atoms. The molecule has 0 aromatic heterocycles. The van der Waals surface area contributed by atoms with Crippen molar-refractivity contribution < 1.29 is 18.0 Å².